The minimum atomic E-state index is -0.240. The fourth-order valence-electron chi connectivity index (χ4n) is 4.48. The molecular formula is C25H29N7O3S. The number of hydrogen-bond donors (Lipinski definition) is 2. The summed E-state index contributed by atoms with van der Waals surface area (Å²) in [5.41, 5.74) is 3.50. The second kappa shape index (κ2) is 10.6. The molecule has 2 aliphatic rings. The molecule has 1 atom stereocenters. The largest absolute Gasteiger partial charge is 0.377 e. The van der Waals surface area contributed by atoms with Crippen molar-refractivity contribution in [2.75, 3.05) is 43.1 Å². The first-order valence-corrected chi connectivity index (χ1v) is 13.0. The lowest BCUT2D eigenvalue weighted by molar-refractivity contribution is 0.0731. The van der Waals surface area contributed by atoms with Gasteiger partial charge in [-0.2, -0.15) is 0 Å². The first kappa shape index (κ1) is 24.1. The van der Waals surface area contributed by atoms with Crippen molar-refractivity contribution in [2.24, 2.45) is 0 Å². The maximum absolute atomic E-state index is 13.0. The van der Waals surface area contributed by atoms with E-state index < -0.39 is 0 Å². The Kier molecular flexibility index (Phi) is 7.10. The van der Waals surface area contributed by atoms with Crippen molar-refractivity contribution in [3.63, 3.8) is 0 Å². The number of fused-ring (bicyclic) bond motifs is 1. The number of morpholine rings is 1. The third-order valence-electron chi connectivity index (χ3n) is 6.32. The molecule has 1 unspecified atom stereocenters. The Morgan fingerprint density at radius 1 is 1.19 bits per heavy atom. The number of urea groups is 1. The van der Waals surface area contributed by atoms with E-state index in [1.54, 1.807) is 6.20 Å². The van der Waals surface area contributed by atoms with Crippen LogP contribution < -0.4 is 15.5 Å². The molecule has 0 aliphatic carbocycles. The average molecular weight is 508 g/mol. The van der Waals surface area contributed by atoms with Gasteiger partial charge in [0.2, 0.25) is 0 Å². The molecule has 0 radical (unpaired) electrons. The van der Waals surface area contributed by atoms with Crippen molar-refractivity contribution in [3.05, 3.63) is 52.1 Å². The second-order valence-electron chi connectivity index (χ2n) is 8.79. The van der Waals surface area contributed by atoms with Gasteiger partial charge in [0.15, 0.2) is 10.8 Å². The number of ether oxygens (including phenoxy) is 1. The molecule has 5 rings (SSSR count). The van der Waals surface area contributed by atoms with E-state index in [1.807, 2.05) is 41.5 Å². The van der Waals surface area contributed by atoms with Crippen molar-refractivity contribution in [2.45, 2.75) is 32.9 Å². The van der Waals surface area contributed by atoms with Crippen LogP contribution >= 0.6 is 11.3 Å². The maximum Gasteiger partial charge on any atom is 0.319 e. The number of carbonyl (C=O) groups excluding carboxylic acids is 2. The van der Waals surface area contributed by atoms with E-state index in [0.717, 1.165) is 29.2 Å². The van der Waals surface area contributed by atoms with Crippen LogP contribution in [-0.4, -0.2) is 70.7 Å². The number of thiazole rings is 1. The monoisotopic (exact) mass is 507 g/mol. The van der Waals surface area contributed by atoms with E-state index in [1.165, 1.54) is 11.3 Å². The minimum absolute atomic E-state index is 0.0594. The summed E-state index contributed by atoms with van der Waals surface area (Å²) in [6.45, 7) is 7.55. The lowest BCUT2D eigenvalue weighted by Gasteiger charge is -2.38. The Bertz CT molecular complexity index is 1230. The number of carbonyl (C=O) groups is 2. The predicted molar refractivity (Wildman–Crippen MR) is 138 cm³/mol. The zero-order valence-electron chi connectivity index (χ0n) is 20.4. The van der Waals surface area contributed by atoms with Crippen LogP contribution in [0.4, 0.5) is 16.3 Å². The highest BCUT2D eigenvalue weighted by Gasteiger charge is 2.31. The van der Waals surface area contributed by atoms with Crippen molar-refractivity contribution in [1.29, 1.82) is 0 Å². The minimum Gasteiger partial charge on any atom is -0.377 e. The summed E-state index contributed by atoms with van der Waals surface area (Å²) in [5, 5.41) is 7.85. The Morgan fingerprint density at radius 2 is 2.03 bits per heavy atom. The highest BCUT2D eigenvalue weighted by molar-refractivity contribution is 7.11. The van der Waals surface area contributed by atoms with Gasteiger partial charge in [-0.25, -0.2) is 19.7 Å². The average Bonchev–Trinajstić information content (AvgIpc) is 3.43. The van der Waals surface area contributed by atoms with Crippen LogP contribution in [0.1, 0.15) is 34.9 Å². The number of nitrogens with one attached hydrogen (secondary N) is 2. The van der Waals surface area contributed by atoms with Crippen molar-refractivity contribution in [1.82, 2.24) is 25.2 Å². The van der Waals surface area contributed by atoms with Crippen LogP contribution in [0.3, 0.4) is 0 Å². The molecule has 0 saturated carbocycles. The predicted octanol–water partition coefficient (Wildman–Crippen LogP) is 3.17. The van der Waals surface area contributed by atoms with Gasteiger partial charge in [0.1, 0.15) is 5.82 Å². The maximum atomic E-state index is 13.0. The first-order valence-electron chi connectivity index (χ1n) is 12.1. The van der Waals surface area contributed by atoms with E-state index in [0.29, 0.717) is 55.8 Å². The van der Waals surface area contributed by atoms with Crippen molar-refractivity contribution in [3.8, 4) is 11.4 Å². The summed E-state index contributed by atoms with van der Waals surface area (Å²) in [6, 6.07) is 7.43. The SMILES string of the molecule is CCNC(=O)Nc1ccc(-c2nc3c(c(N4CCOCC4C)n2)CN(C(=O)c2nccs2)CC3)cc1. The molecule has 188 valence electrons. The molecule has 2 N–H and O–H groups in total. The van der Waals surface area contributed by atoms with Crippen molar-refractivity contribution >= 4 is 34.8 Å². The summed E-state index contributed by atoms with van der Waals surface area (Å²) in [4.78, 5) is 43.1. The molecule has 0 bridgehead atoms. The van der Waals surface area contributed by atoms with Crippen LogP contribution in [0, 0.1) is 0 Å². The summed E-state index contributed by atoms with van der Waals surface area (Å²) < 4.78 is 5.67. The van der Waals surface area contributed by atoms with Gasteiger partial charge in [0.05, 0.1) is 31.5 Å². The van der Waals surface area contributed by atoms with Gasteiger partial charge in [-0.05, 0) is 38.1 Å². The third kappa shape index (κ3) is 5.02. The number of aromatic nitrogens is 3. The molecule has 36 heavy (non-hydrogen) atoms. The molecule has 1 aromatic carbocycles. The molecule has 0 spiro atoms. The third-order valence-corrected chi connectivity index (χ3v) is 7.08. The van der Waals surface area contributed by atoms with Gasteiger partial charge < -0.3 is 25.2 Å². The molecule has 3 amide bonds. The fourth-order valence-corrected chi connectivity index (χ4v) is 5.08. The highest BCUT2D eigenvalue weighted by Crippen LogP contribution is 2.32. The van der Waals surface area contributed by atoms with Crippen LogP contribution in [0.2, 0.25) is 0 Å². The fraction of sp³-hybridized carbons (Fsp3) is 0.400. The first-order chi connectivity index (χ1) is 17.5. The summed E-state index contributed by atoms with van der Waals surface area (Å²) in [5.74, 6) is 1.43. The van der Waals surface area contributed by atoms with Gasteiger partial charge in [-0.3, -0.25) is 4.79 Å². The molecule has 2 aromatic heterocycles. The quantitative estimate of drug-likeness (QED) is 0.545. The molecule has 3 aromatic rings. The van der Waals surface area contributed by atoms with E-state index in [9.17, 15) is 9.59 Å². The Labute approximate surface area is 213 Å². The number of benzene rings is 1. The van der Waals surface area contributed by atoms with Crippen LogP contribution in [0.25, 0.3) is 11.4 Å². The van der Waals surface area contributed by atoms with Crippen LogP contribution in [0.15, 0.2) is 35.8 Å². The van der Waals surface area contributed by atoms with Gasteiger partial charge in [-0.15, -0.1) is 11.3 Å². The summed E-state index contributed by atoms with van der Waals surface area (Å²) in [7, 11) is 0. The lowest BCUT2D eigenvalue weighted by Crippen LogP contribution is -2.46. The lowest BCUT2D eigenvalue weighted by atomic mass is 10.0. The van der Waals surface area contributed by atoms with E-state index in [2.05, 4.69) is 27.4 Å². The number of hydrogen-bond acceptors (Lipinski definition) is 8. The normalized spacial score (nSPS) is 17.4. The standard InChI is InChI=1S/C25H29N7O3S/c1-3-26-25(34)28-18-6-4-17(5-7-18)21-29-20-8-10-31(24(33)23-27-9-13-36-23)14-19(20)22(30-21)32-11-12-35-15-16(32)2/h4-7,9,13,16H,3,8,10-12,14-15H2,1-2H3,(H2,26,28,34). The number of nitrogens with zero attached hydrogens (tertiary/aromatic N) is 5. The van der Waals surface area contributed by atoms with Gasteiger partial charge in [-0.1, -0.05) is 0 Å². The zero-order valence-corrected chi connectivity index (χ0v) is 21.2. The van der Waals surface area contributed by atoms with E-state index >= 15 is 0 Å². The van der Waals surface area contributed by atoms with Gasteiger partial charge >= 0.3 is 6.03 Å². The number of rotatable bonds is 5. The molecule has 10 nitrogen and oxygen atoms in total. The topological polar surface area (TPSA) is 113 Å². The Morgan fingerprint density at radius 3 is 2.75 bits per heavy atom. The smallest absolute Gasteiger partial charge is 0.319 e. The second-order valence-corrected chi connectivity index (χ2v) is 9.68. The Hall–Kier alpha value is -3.57. The number of anilines is 2. The van der Waals surface area contributed by atoms with Crippen LogP contribution in [-0.2, 0) is 17.7 Å². The number of amides is 3. The molecular weight excluding hydrogens is 478 g/mol. The molecule has 4 heterocycles. The Balaban J connectivity index is 1.47. The highest BCUT2D eigenvalue weighted by atomic mass is 32.1. The van der Waals surface area contributed by atoms with E-state index in [-0.39, 0.29) is 18.0 Å². The van der Waals surface area contributed by atoms with Crippen molar-refractivity contribution < 1.29 is 14.3 Å². The van der Waals surface area contributed by atoms with Gasteiger partial charge in [0.25, 0.3) is 5.91 Å². The summed E-state index contributed by atoms with van der Waals surface area (Å²) >= 11 is 1.36. The molecule has 2 aliphatic heterocycles. The molecule has 1 fully saturated rings. The summed E-state index contributed by atoms with van der Waals surface area (Å²) in [6.07, 6.45) is 2.30. The zero-order chi connectivity index (χ0) is 25.1. The molecule has 11 heteroatoms. The van der Waals surface area contributed by atoms with E-state index in [4.69, 9.17) is 14.7 Å². The van der Waals surface area contributed by atoms with Gasteiger partial charge in [0, 0.05) is 54.4 Å². The molecule has 1 saturated heterocycles. The van der Waals surface area contributed by atoms with Crippen LogP contribution in [0.5, 0.6) is 0 Å².